The molecule has 0 unspecified atom stereocenters. The minimum atomic E-state index is -0.471. The number of hydrogen-bond donors (Lipinski definition) is 0. The number of imidazole rings is 1. The molecule has 142 valence electrons. The van der Waals surface area contributed by atoms with Crippen molar-refractivity contribution in [2.45, 2.75) is 6.54 Å². The fourth-order valence-electron chi connectivity index (χ4n) is 3.05. The molecule has 0 aliphatic rings. The molecule has 2 aromatic carbocycles. The number of nitrogens with zero attached hydrogens (tertiary/aromatic N) is 4. The van der Waals surface area contributed by atoms with E-state index >= 15 is 0 Å². The van der Waals surface area contributed by atoms with Crippen LogP contribution in [0.4, 0.5) is 0 Å². The van der Waals surface area contributed by atoms with Gasteiger partial charge in [0, 0.05) is 19.1 Å². The summed E-state index contributed by atoms with van der Waals surface area (Å²) in [6, 6.07) is 16.5. The van der Waals surface area contributed by atoms with Gasteiger partial charge in [0.15, 0.2) is 11.2 Å². The van der Waals surface area contributed by atoms with E-state index in [1.54, 1.807) is 49.0 Å². The van der Waals surface area contributed by atoms with Gasteiger partial charge in [0.1, 0.15) is 5.75 Å². The first-order valence-electron chi connectivity index (χ1n) is 8.60. The molecule has 2 aromatic heterocycles. The predicted molar refractivity (Wildman–Crippen MR) is 107 cm³/mol. The van der Waals surface area contributed by atoms with Gasteiger partial charge in [0.05, 0.1) is 6.54 Å². The van der Waals surface area contributed by atoms with Gasteiger partial charge in [-0.05, 0) is 23.8 Å². The fraction of sp³-hybridized carbons (Fsp3) is 0.150. The van der Waals surface area contributed by atoms with Crippen LogP contribution < -0.4 is 16.0 Å². The van der Waals surface area contributed by atoms with Crippen molar-refractivity contribution in [3.05, 3.63) is 86.0 Å². The summed E-state index contributed by atoms with van der Waals surface area (Å²) in [4.78, 5) is 30.2. The maximum Gasteiger partial charge on any atom is 0.332 e. The number of halogens is 1. The molecular formula is C20H17ClN4O3. The summed E-state index contributed by atoms with van der Waals surface area (Å²) in [5, 5.41) is 0.495. The van der Waals surface area contributed by atoms with E-state index in [9.17, 15) is 9.59 Å². The summed E-state index contributed by atoms with van der Waals surface area (Å²) in [5.41, 5.74) is 0.308. The Balaban J connectivity index is 1.88. The number of para-hydroxylation sites is 1. The predicted octanol–water partition coefficient (Wildman–Crippen LogP) is 2.93. The lowest BCUT2D eigenvalue weighted by molar-refractivity contribution is 0.427. The van der Waals surface area contributed by atoms with Gasteiger partial charge in [0.2, 0.25) is 0 Å². The van der Waals surface area contributed by atoms with E-state index in [-0.39, 0.29) is 23.7 Å². The standard InChI is InChI=1S/C20H17ClN4O3/c1-23-16-17(22-19(23)28-14-9-4-3-5-10-14)24(2)20(27)25(18(16)26)12-13-8-6-7-11-15(13)21/h3-11H,12H2,1-2H3. The number of benzene rings is 2. The van der Waals surface area contributed by atoms with Gasteiger partial charge in [-0.25, -0.2) is 4.79 Å². The van der Waals surface area contributed by atoms with Gasteiger partial charge in [-0.15, -0.1) is 0 Å². The highest BCUT2D eigenvalue weighted by Crippen LogP contribution is 2.22. The van der Waals surface area contributed by atoms with Crippen molar-refractivity contribution in [2.24, 2.45) is 14.1 Å². The monoisotopic (exact) mass is 396 g/mol. The van der Waals surface area contributed by atoms with Gasteiger partial charge in [0.25, 0.3) is 5.56 Å². The Morgan fingerprint density at radius 1 is 0.964 bits per heavy atom. The molecule has 0 atom stereocenters. The molecule has 2 heterocycles. The van der Waals surface area contributed by atoms with E-state index in [0.29, 0.717) is 16.3 Å². The van der Waals surface area contributed by atoms with Gasteiger partial charge >= 0.3 is 11.7 Å². The Hall–Kier alpha value is -3.32. The van der Waals surface area contributed by atoms with E-state index in [1.165, 1.54) is 4.57 Å². The summed E-state index contributed by atoms with van der Waals surface area (Å²) in [7, 11) is 3.26. The van der Waals surface area contributed by atoms with Crippen LogP contribution >= 0.6 is 11.6 Å². The maximum atomic E-state index is 13.1. The maximum absolute atomic E-state index is 13.1. The minimum absolute atomic E-state index is 0.0706. The lowest BCUT2D eigenvalue weighted by atomic mass is 10.2. The van der Waals surface area contributed by atoms with Crippen molar-refractivity contribution >= 4 is 22.8 Å². The second kappa shape index (κ2) is 7.01. The van der Waals surface area contributed by atoms with Gasteiger partial charge < -0.3 is 4.74 Å². The van der Waals surface area contributed by atoms with Crippen LogP contribution in [0.25, 0.3) is 11.2 Å². The molecule has 28 heavy (non-hydrogen) atoms. The van der Waals surface area contributed by atoms with Crippen molar-refractivity contribution in [3.63, 3.8) is 0 Å². The van der Waals surface area contributed by atoms with Gasteiger partial charge in [-0.2, -0.15) is 4.98 Å². The summed E-state index contributed by atoms with van der Waals surface area (Å²) in [5.74, 6) is 0.585. The minimum Gasteiger partial charge on any atom is -0.425 e. The first-order chi connectivity index (χ1) is 13.5. The third kappa shape index (κ3) is 2.99. The normalized spacial score (nSPS) is 11.1. The molecule has 4 aromatic rings. The van der Waals surface area contributed by atoms with Crippen molar-refractivity contribution in [1.29, 1.82) is 0 Å². The molecule has 0 amide bonds. The molecule has 0 N–H and O–H groups in total. The first-order valence-corrected chi connectivity index (χ1v) is 8.97. The van der Waals surface area contributed by atoms with E-state index < -0.39 is 11.2 Å². The smallest absolute Gasteiger partial charge is 0.332 e. The van der Waals surface area contributed by atoms with E-state index in [1.807, 2.05) is 24.3 Å². The second-order valence-corrected chi connectivity index (χ2v) is 6.77. The van der Waals surface area contributed by atoms with Crippen molar-refractivity contribution in [1.82, 2.24) is 18.7 Å². The number of hydrogen-bond acceptors (Lipinski definition) is 4. The number of aryl methyl sites for hydroxylation is 2. The highest BCUT2D eigenvalue weighted by molar-refractivity contribution is 6.31. The molecule has 0 spiro atoms. The molecule has 8 heteroatoms. The number of rotatable bonds is 4. The van der Waals surface area contributed by atoms with Gasteiger partial charge in [-0.3, -0.25) is 18.5 Å². The summed E-state index contributed by atoms with van der Waals surface area (Å²) in [6.07, 6.45) is 0. The first kappa shape index (κ1) is 18.1. The Labute approximate surface area is 165 Å². The molecule has 0 radical (unpaired) electrons. The van der Waals surface area contributed by atoms with Crippen LogP contribution in [0.15, 0.2) is 64.2 Å². The average Bonchev–Trinajstić information content (AvgIpc) is 3.02. The topological polar surface area (TPSA) is 71.1 Å². The zero-order valence-corrected chi connectivity index (χ0v) is 16.1. The molecule has 0 fully saturated rings. The molecule has 0 saturated heterocycles. The second-order valence-electron chi connectivity index (χ2n) is 6.37. The van der Waals surface area contributed by atoms with Crippen molar-refractivity contribution in [2.75, 3.05) is 0 Å². The molecule has 7 nitrogen and oxygen atoms in total. The average molecular weight is 397 g/mol. The van der Waals surface area contributed by atoms with Crippen LogP contribution in [-0.2, 0) is 20.6 Å². The number of fused-ring (bicyclic) bond motifs is 1. The highest BCUT2D eigenvalue weighted by atomic mass is 35.5. The lowest BCUT2D eigenvalue weighted by Crippen LogP contribution is -2.39. The summed E-state index contributed by atoms with van der Waals surface area (Å²) >= 11 is 6.20. The summed E-state index contributed by atoms with van der Waals surface area (Å²) < 4.78 is 9.83. The highest BCUT2D eigenvalue weighted by Gasteiger charge is 2.20. The lowest BCUT2D eigenvalue weighted by Gasteiger charge is -2.09. The zero-order valence-electron chi connectivity index (χ0n) is 15.3. The van der Waals surface area contributed by atoms with Crippen LogP contribution in [0.1, 0.15) is 5.56 Å². The quantitative estimate of drug-likeness (QED) is 0.531. The number of aromatic nitrogens is 4. The van der Waals surface area contributed by atoms with Crippen LogP contribution in [0.5, 0.6) is 11.8 Å². The Kier molecular flexibility index (Phi) is 4.52. The van der Waals surface area contributed by atoms with E-state index in [0.717, 1.165) is 4.57 Å². The van der Waals surface area contributed by atoms with Crippen LogP contribution in [0, 0.1) is 0 Å². The van der Waals surface area contributed by atoms with Crippen molar-refractivity contribution < 1.29 is 4.74 Å². The number of ether oxygens (including phenoxy) is 1. The Morgan fingerprint density at radius 3 is 2.36 bits per heavy atom. The largest absolute Gasteiger partial charge is 0.425 e. The molecule has 0 bridgehead atoms. The van der Waals surface area contributed by atoms with E-state index in [2.05, 4.69) is 4.98 Å². The molecule has 4 rings (SSSR count). The SMILES string of the molecule is Cn1c(Oc2ccccc2)nc2c1c(=O)n(Cc1ccccc1Cl)c(=O)n2C. The van der Waals surface area contributed by atoms with Crippen molar-refractivity contribution in [3.8, 4) is 11.8 Å². The molecule has 0 aliphatic carbocycles. The van der Waals surface area contributed by atoms with Crippen LogP contribution in [-0.4, -0.2) is 18.7 Å². The third-order valence-electron chi connectivity index (χ3n) is 4.56. The zero-order chi connectivity index (χ0) is 19.8. The van der Waals surface area contributed by atoms with Crippen LogP contribution in [0.3, 0.4) is 0 Å². The fourth-order valence-corrected chi connectivity index (χ4v) is 3.24. The Bertz CT molecular complexity index is 1290. The molecule has 0 saturated carbocycles. The summed E-state index contributed by atoms with van der Waals surface area (Å²) in [6.45, 7) is 0.0706. The van der Waals surface area contributed by atoms with Gasteiger partial charge in [-0.1, -0.05) is 48.0 Å². The van der Waals surface area contributed by atoms with E-state index in [4.69, 9.17) is 16.3 Å². The third-order valence-corrected chi connectivity index (χ3v) is 4.93. The Morgan fingerprint density at radius 2 is 1.64 bits per heavy atom. The molecular weight excluding hydrogens is 380 g/mol. The molecule has 0 aliphatic heterocycles. The van der Waals surface area contributed by atoms with Crippen LogP contribution in [0.2, 0.25) is 5.02 Å².